The van der Waals surface area contributed by atoms with E-state index in [1.165, 1.54) is 16.3 Å². The van der Waals surface area contributed by atoms with Crippen molar-refractivity contribution < 1.29 is 10.2 Å². The van der Waals surface area contributed by atoms with E-state index in [9.17, 15) is 10.2 Å². The second-order valence-corrected chi connectivity index (χ2v) is 6.45. The fourth-order valence-electron chi connectivity index (χ4n) is 3.55. The summed E-state index contributed by atoms with van der Waals surface area (Å²) in [6.07, 6.45) is 2.54. The lowest BCUT2D eigenvalue weighted by atomic mass is 9.97. The minimum Gasteiger partial charge on any atom is -0.396 e. The van der Waals surface area contributed by atoms with Crippen LogP contribution in [0.5, 0.6) is 0 Å². The largest absolute Gasteiger partial charge is 0.396 e. The average molecular weight is 299 g/mol. The van der Waals surface area contributed by atoms with Crippen LogP contribution in [-0.4, -0.2) is 47.5 Å². The highest BCUT2D eigenvalue weighted by molar-refractivity contribution is 5.85. The van der Waals surface area contributed by atoms with Gasteiger partial charge in [-0.2, -0.15) is 0 Å². The van der Waals surface area contributed by atoms with Crippen molar-refractivity contribution in [1.82, 2.24) is 4.90 Å². The number of β-amino-alcohol motifs (C(OH)–C–C–N with tert-alkyl or cyclic N) is 1. The molecule has 2 aromatic carbocycles. The zero-order valence-corrected chi connectivity index (χ0v) is 13.0. The number of hydrogen-bond acceptors (Lipinski definition) is 3. The van der Waals surface area contributed by atoms with E-state index in [4.69, 9.17) is 0 Å². The molecule has 3 heteroatoms. The van der Waals surface area contributed by atoms with Crippen LogP contribution in [0.2, 0.25) is 0 Å². The van der Waals surface area contributed by atoms with Gasteiger partial charge in [-0.25, -0.2) is 0 Å². The van der Waals surface area contributed by atoms with Crippen LogP contribution in [0.1, 0.15) is 18.4 Å². The molecule has 2 aromatic rings. The van der Waals surface area contributed by atoms with E-state index in [0.29, 0.717) is 18.9 Å². The van der Waals surface area contributed by atoms with Crippen molar-refractivity contribution >= 4 is 10.8 Å². The van der Waals surface area contributed by atoms with Crippen molar-refractivity contribution in [3.8, 4) is 0 Å². The van der Waals surface area contributed by atoms with Gasteiger partial charge < -0.3 is 15.1 Å². The summed E-state index contributed by atoms with van der Waals surface area (Å²) in [5.41, 5.74) is 1.21. The third-order valence-corrected chi connectivity index (χ3v) is 4.67. The predicted molar refractivity (Wildman–Crippen MR) is 89.9 cm³/mol. The Morgan fingerprint density at radius 2 is 1.95 bits per heavy atom. The van der Waals surface area contributed by atoms with Crippen LogP contribution >= 0.6 is 0 Å². The Balaban J connectivity index is 1.64. The van der Waals surface area contributed by atoms with Crippen molar-refractivity contribution in [2.24, 2.45) is 5.92 Å². The fourth-order valence-corrected chi connectivity index (χ4v) is 3.55. The number of fused-ring (bicyclic) bond motifs is 1. The molecule has 0 bridgehead atoms. The smallest absolute Gasteiger partial charge is 0.0707 e. The maximum atomic E-state index is 10.5. The summed E-state index contributed by atoms with van der Waals surface area (Å²) in [7, 11) is 0. The van der Waals surface area contributed by atoms with E-state index in [2.05, 4.69) is 41.3 Å². The summed E-state index contributed by atoms with van der Waals surface area (Å²) < 4.78 is 0. The van der Waals surface area contributed by atoms with E-state index in [1.807, 2.05) is 6.07 Å². The topological polar surface area (TPSA) is 43.7 Å². The van der Waals surface area contributed by atoms with Gasteiger partial charge in [-0.15, -0.1) is 0 Å². The maximum absolute atomic E-state index is 10.5. The molecule has 2 atom stereocenters. The molecule has 2 N–H and O–H groups in total. The summed E-state index contributed by atoms with van der Waals surface area (Å²) >= 11 is 0. The monoisotopic (exact) mass is 299 g/mol. The first kappa shape index (κ1) is 15.5. The lowest BCUT2D eigenvalue weighted by Crippen LogP contribution is -2.41. The summed E-state index contributed by atoms with van der Waals surface area (Å²) in [4.78, 5) is 2.29. The zero-order valence-electron chi connectivity index (χ0n) is 13.0. The molecule has 1 aliphatic rings. The van der Waals surface area contributed by atoms with Gasteiger partial charge in [0.2, 0.25) is 0 Å². The number of piperidine rings is 1. The first-order valence-corrected chi connectivity index (χ1v) is 8.24. The van der Waals surface area contributed by atoms with Gasteiger partial charge in [-0.1, -0.05) is 42.5 Å². The Hall–Kier alpha value is -1.42. The van der Waals surface area contributed by atoms with E-state index in [-0.39, 0.29) is 12.7 Å². The van der Waals surface area contributed by atoms with Crippen LogP contribution in [0, 0.1) is 5.92 Å². The van der Waals surface area contributed by atoms with Gasteiger partial charge in [0.25, 0.3) is 0 Å². The molecule has 0 aromatic heterocycles. The van der Waals surface area contributed by atoms with Crippen molar-refractivity contribution in [2.75, 3.05) is 26.2 Å². The number of aliphatic hydroxyl groups is 2. The molecule has 0 saturated carbocycles. The molecule has 1 heterocycles. The van der Waals surface area contributed by atoms with Gasteiger partial charge in [0.1, 0.15) is 0 Å². The highest BCUT2D eigenvalue weighted by Crippen LogP contribution is 2.21. The Bertz CT molecular complexity index is 608. The third-order valence-electron chi connectivity index (χ3n) is 4.67. The number of rotatable bonds is 5. The molecule has 0 spiro atoms. The predicted octanol–water partition coefficient (Wildman–Crippen LogP) is 2.45. The summed E-state index contributed by atoms with van der Waals surface area (Å²) in [6.45, 7) is 2.89. The average Bonchev–Trinajstić information content (AvgIpc) is 2.55. The van der Waals surface area contributed by atoms with Crippen molar-refractivity contribution in [2.45, 2.75) is 25.4 Å². The Labute approximate surface area is 132 Å². The Morgan fingerprint density at radius 3 is 2.82 bits per heavy atom. The lowest BCUT2D eigenvalue weighted by molar-refractivity contribution is 0.0683. The van der Waals surface area contributed by atoms with E-state index >= 15 is 0 Å². The molecule has 3 rings (SSSR count). The Kier molecular flexibility index (Phi) is 5.08. The van der Waals surface area contributed by atoms with Crippen molar-refractivity contribution in [3.05, 3.63) is 48.0 Å². The number of aliphatic hydroxyl groups excluding tert-OH is 2. The van der Waals surface area contributed by atoms with Gasteiger partial charge in [-0.05, 0) is 41.6 Å². The van der Waals surface area contributed by atoms with Crippen LogP contribution in [0.15, 0.2) is 42.5 Å². The number of benzene rings is 2. The molecule has 0 amide bonds. The van der Waals surface area contributed by atoms with E-state index in [1.54, 1.807) is 0 Å². The number of likely N-dealkylation sites (tertiary alicyclic amines) is 1. The second-order valence-electron chi connectivity index (χ2n) is 6.45. The molecule has 0 aliphatic carbocycles. The van der Waals surface area contributed by atoms with E-state index < -0.39 is 0 Å². The van der Waals surface area contributed by atoms with E-state index in [0.717, 1.165) is 25.9 Å². The minimum atomic E-state index is -0.358. The normalized spacial score (nSPS) is 21.1. The third kappa shape index (κ3) is 3.67. The molecular weight excluding hydrogens is 274 g/mol. The van der Waals surface area contributed by atoms with Gasteiger partial charge in [0, 0.05) is 26.1 Å². The Morgan fingerprint density at radius 1 is 1.14 bits per heavy atom. The van der Waals surface area contributed by atoms with Crippen molar-refractivity contribution in [3.63, 3.8) is 0 Å². The summed E-state index contributed by atoms with van der Waals surface area (Å²) in [5.74, 6) is 0.374. The number of hydrogen-bond donors (Lipinski definition) is 2. The molecule has 1 fully saturated rings. The van der Waals surface area contributed by atoms with Crippen molar-refractivity contribution in [1.29, 1.82) is 0 Å². The highest BCUT2D eigenvalue weighted by Gasteiger charge is 2.21. The van der Waals surface area contributed by atoms with Crippen LogP contribution in [0.25, 0.3) is 10.8 Å². The molecule has 22 heavy (non-hydrogen) atoms. The van der Waals surface area contributed by atoms with Crippen LogP contribution in [-0.2, 0) is 6.42 Å². The van der Waals surface area contributed by atoms with Crippen LogP contribution in [0.3, 0.4) is 0 Å². The first-order chi connectivity index (χ1) is 10.8. The highest BCUT2D eigenvalue weighted by atomic mass is 16.3. The minimum absolute atomic E-state index is 0.260. The lowest BCUT2D eigenvalue weighted by Gasteiger charge is -2.33. The van der Waals surface area contributed by atoms with Gasteiger partial charge in [-0.3, -0.25) is 0 Å². The fraction of sp³-hybridized carbons (Fsp3) is 0.474. The second kappa shape index (κ2) is 7.23. The molecule has 1 aliphatic heterocycles. The first-order valence-electron chi connectivity index (χ1n) is 8.24. The molecule has 2 unspecified atom stereocenters. The molecule has 118 valence electrons. The SMILES string of the molecule is OCC1CCCN(CC(O)Cc2cccc3ccccc23)C1. The quantitative estimate of drug-likeness (QED) is 0.891. The van der Waals surface area contributed by atoms with Gasteiger partial charge in [0.05, 0.1) is 6.10 Å². The standard InChI is InChI=1S/C19H25NO2/c21-14-15-5-4-10-20(12-15)13-18(22)11-17-8-3-7-16-6-1-2-9-19(16)17/h1-3,6-9,15,18,21-22H,4-5,10-14H2. The molecule has 0 radical (unpaired) electrons. The van der Waals surface area contributed by atoms with Crippen LogP contribution < -0.4 is 0 Å². The summed E-state index contributed by atoms with van der Waals surface area (Å²) in [6, 6.07) is 14.6. The van der Waals surface area contributed by atoms with Gasteiger partial charge in [0.15, 0.2) is 0 Å². The maximum Gasteiger partial charge on any atom is 0.0707 e. The number of nitrogens with zero attached hydrogens (tertiary/aromatic N) is 1. The molecule has 3 nitrogen and oxygen atoms in total. The van der Waals surface area contributed by atoms with Gasteiger partial charge >= 0.3 is 0 Å². The molecular formula is C19H25NO2. The molecule has 1 saturated heterocycles. The zero-order chi connectivity index (χ0) is 15.4. The van der Waals surface area contributed by atoms with Crippen LogP contribution in [0.4, 0.5) is 0 Å². The summed E-state index contributed by atoms with van der Waals surface area (Å²) in [5, 5.41) is 22.2.